The van der Waals surface area contributed by atoms with E-state index in [9.17, 15) is 14.7 Å². The van der Waals surface area contributed by atoms with E-state index in [1.165, 1.54) is 14.2 Å². The molecule has 47 heavy (non-hydrogen) atoms. The first-order chi connectivity index (χ1) is 22.7. The van der Waals surface area contributed by atoms with Crippen LogP contribution in [-0.4, -0.2) is 54.2 Å². The van der Waals surface area contributed by atoms with E-state index in [4.69, 9.17) is 42.4 Å². The van der Waals surface area contributed by atoms with Crippen LogP contribution in [0.5, 0.6) is 5.75 Å². The Kier molecular flexibility index (Phi) is 11.0. The fraction of sp³-hybridized carbons (Fsp3) is 0.139. The van der Waals surface area contributed by atoms with Crippen LogP contribution in [-0.2, 0) is 16.0 Å². The minimum atomic E-state index is -0.974. The number of carboxylic acid groups (broad SMARTS) is 1. The van der Waals surface area contributed by atoms with E-state index in [-0.39, 0.29) is 12.2 Å². The molecule has 0 aliphatic carbocycles. The maximum absolute atomic E-state index is 12.1. The Labute approximate surface area is 282 Å². The zero-order valence-electron chi connectivity index (χ0n) is 25.6. The second-order valence-corrected chi connectivity index (χ2v) is 11.2. The highest BCUT2D eigenvalue weighted by molar-refractivity contribution is 6.36. The van der Waals surface area contributed by atoms with Gasteiger partial charge in [0.2, 0.25) is 0 Å². The van der Waals surface area contributed by atoms with E-state index in [1.54, 1.807) is 42.5 Å². The van der Waals surface area contributed by atoms with Crippen molar-refractivity contribution in [3.05, 3.63) is 124 Å². The summed E-state index contributed by atoms with van der Waals surface area (Å²) in [5.74, 6) is 0.208. The van der Waals surface area contributed by atoms with Crippen molar-refractivity contribution in [1.29, 1.82) is 0 Å². The number of imidazole rings is 1. The normalized spacial score (nSPS) is 11.1. The molecule has 0 spiro atoms. The molecule has 4 aromatic carbocycles. The van der Waals surface area contributed by atoms with Crippen molar-refractivity contribution in [1.82, 2.24) is 9.55 Å². The summed E-state index contributed by atoms with van der Waals surface area (Å²) < 4.78 is 17.5. The smallest absolute Gasteiger partial charge is 0.411 e. The monoisotopic (exact) mass is 671 g/mol. The number of nitrogens with one attached hydrogen (secondary N) is 1. The summed E-state index contributed by atoms with van der Waals surface area (Å²) in [5.41, 5.74) is 5.87. The number of ether oxygens (including phenoxy) is 3. The van der Waals surface area contributed by atoms with E-state index in [1.807, 2.05) is 65.4 Å². The van der Waals surface area contributed by atoms with Gasteiger partial charge in [-0.2, -0.15) is 0 Å². The molecule has 1 aromatic heterocycles. The average molecular weight is 673 g/mol. The number of halogens is 2. The predicted octanol–water partition coefficient (Wildman–Crippen LogP) is 8.64. The number of carbonyl (C=O) groups is 2. The highest BCUT2D eigenvalue weighted by Crippen LogP contribution is 2.32. The summed E-state index contributed by atoms with van der Waals surface area (Å²) in [5, 5.41) is 13.0. The van der Waals surface area contributed by atoms with Gasteiger partial charge in [0.15, 0.2) is 0 Å². The van der Waals surface area contributed by atoms with E-state index in [0.717, 1.165) is 27.8 Å². The minimum absolute atomic E-state index is 0.145. The molecular weight excluding hydrogens is 641 g/mol. The SMILES string of the molecule is COCCOC(=O)Nc1ccc(-c2ccc(/C=C/c3nc(-c4ccc(Cl)cc4Cl)cn3Cc3ccc(C(=O)O)cc3)cc2)cc1OC. The van der Waals surface area contributed by atoms with Gasteiger partial charge in [-0.1, -0.05) is 71.7 Å². The van der Waals surface area contributed by atoms with Gasteiger partial charge in [-0.3, -0.25) is 5.32 Å². The van der Waals surface area contributed by atoms with Crippen LogP contribution in [0.4, 0.5) is 10.5 Å². The summed E-state index contributed by atoms with van der Waals surface area (Å²) in [7, 11) is 3.07. The van der Waals surface area contributed by atoms with Crippen LogP contribution < -0.4 is 10.1 Å². The number of aromatic carboxylic acids is 1. The van der Waals surface area contributed by atoms with Crippen LogP contribution in [0.2, 0.25) is 10.0 Å². The molecule has 0 aliphatic heterocycles. The third-order valence-corrected chi connectivity index (χ3v) is 7.74. The first-order valence-corrected chi connectivity index (χ1v) is 15.2. The third-order valence-electron chi connectivity index (χ3n) is 7.20. The number of aromatic nitrogens is 2. The Balaban J connectivity index is 1.36. The maximum atomic E-state index is 12.1. The molecule has 0 bridgehead atoms. The number of carbonyl (C=O) groups excluding carboxylic acids is 1. The molecule has 0 saturated heterocycles. The van der Waals surface area contributed by atoms with Crippen molar-refractivity contribution in [3.63, 3.8) is 0 Å². The van der Waals surface area contributed by atoms with Gasteiger partial charge >= 0.3 is 12.1 Å². The highest BCUT2D eigenvalue weighted by atomic mass is 35.5. The molecule has 0 radical (unpaired) electrons. The van der Waals surface area contributed by atoms with Crippen molar-refractivity contribution < 1.29 is 28.9 Å². The molecular formula is C36H31Cl2N3O6. The third kappa shape index (κ3) is 8.59. The molecule has 0 aliphatic rings. The van der Waals surface area contributed by atoms with E-state index < -0.39 is 12.1 Å². The molecule has 0 atom stereocenters. The van der Waals surface area contributed by atoms with Crippen molar-refractivity contribution in [2.45, 2.75) is 6.54 Å². The molecule has 9 nitrogen and oxygen atoms in total. The van der Waals surface area contributed by atoms with Crippen LogP contribution in [0, 0.1) is 0 Å². The number of hydrogen-bond acceptors (Lipinski definition) is 6. The highest BCUT2D eigenvalue weighted by Gasteiger charge is 2.13. The number of benzene rings is 4. The molecule has 5 rings (SSSR count). The van der Waals surface area contributed by atoms with E-state index >= 15 is 0 Å². The van der Waals surface area contributed by atoms with Gasteiger partial charge in [0.1, 0.15) is 18.2 Å². The van der Waals surface area contributed by atoms with Gasteiger partial charge in [-0.15, -0.1) is 0 Å². The van der Waals surface area contributed by atoms with Crippen LogP contribution in [0.1, 0.15) is 27.3 Å². The number of nitrogens with zero attached hydrogens (tertiary/aromatic N) is 2. The standard InChI is InChI=1S/C36H31Cl2N3O6/c1-45-17-18-47-36(44)40-31-15-12-27(19-33(31)46-2)25-8-3-23(4-9-25)7-16-34-39-32(29-14-13-28(37)20-30(29)38)22-41(34)21-24-5-10-26(11-6-24)35(42)43/h3-16,19-20,22H,17-18,21H2,1-2H3,(H,40,44)(H,42,43)/b16-7+. The fourth-order valence-corrected chi connectivity index (χ4v) is 5.27. The summed E-state index contributed by atoms with van der Waals surface area (Å²) in [4.78, 5) is 28.2. The fourth-order valence-electron chi connectivity index (χ4n) is 4.76. The maximum Gasteiger partial charge on any atom is 0.411 e. The van der Waals surface area contributed by atoms with Gasteiger partial charge in [0.05, 0.1) is 35.7 Å². The molecule has 2 N–H and O–H groups in total. The van der Waals surface area contributed by atoms with Crippen LogP contribution in [0.25, 0.3) is 34.5 Å². The van der Waals surface area contributed by atoms with Crippen molar-refractivity contribution in [3.8, 4) is 28.1 Å². The molecule has 1 amide bonds. The number of anilines is 1. The van der Waals surface area contributed by atoms with Gasteiger partial charge in [0.25, 0.3) is 0 Å². The Bertz CT molecular complexity index is 1900. The number of methoxy groups -OCH3 is 2. The number of rotatable bonds is 12. The zero-order chi connectivity index (χ0) is 33.3. The second kappa shape index (κ2) is 15.5. The van der Waals surface area contributed by atoms with E-state index in [2.05, 4.69) is 5.32 Å². The van der Waals surface area contributed by atoms with Gasteiger partial charge < -0.3 is 23.9 Å². The number of carboxylic acids is 1. The first kappa shape index (κ1) is 33.3. The van der Waals surface area contributed by atoms with Crippen molar-refractivity contribution in [2.24, 2.45) is 0 Å². The molecule has 240 valence electrons. The second-order valence-electron chi connectivity index (χ2n) is 10.4. The predicted molar refractivity (Wildman–Crippen MR) is 184 cm³/mol. The van der Waals surface area contributed by atoms with Crippen LogP contribution >= 0.6 is 23.2 Å². The number of hydrogen-bond donors (Lipinski definition) is 2. The number of amides is 1. The first-order valence-electron chi connectivity index (χ1n) is 14.5. The topological polar surface area (TPSA) is 112 Å². The summed E-state index contributed by atoms with van der Waals surface area (Å²) in [6, 6.07) is 25.5. The Morgan fingerprint density at radius 2 is 1.64 bits per heavy atom. The lowest BCUT2D eigenvalue weighted by molar-refractivity contribution is 0.0696. The Hall–Kier alpha value is -5.09. The molecule has 0 saturated carbocycles. The molecule has 11 heteroatoms. The largest absolute Gasteiger partial charge is 0.495 e. The molecule has 5 aromatic rings. The molecule has 0 fully saturated rings. The summed E-state index contributed by atoms with van der Waals surface area (Å²) >= 11 is 12.6. The zero-order valence-corrected chi connectivity index (χ0v) is 27.1. The summed E-state index contributed by atoms with van der Waals surface area (Å²) in [6.45, 7) is 0.918. The summed E-state index contributed by atoms with van der Waals surface area (Å²) in [6.07, 6.45) is 5.20. The van der Waals surface area contributed by atoms with Crippen molar-refractivity contribution >= 4 is 53.1 Å². The van der Waals surface area contributed by atoms with Gasteiger partial charge in [0, 0.05) is 30.4 Å². The quantitative estimate of drug-likeness (QED) is 0.128. The van der Waals surface area contributed by atoms with Crippen LogP contribution in [0.15, 0.2) is 91.1 Å². The van der Waals surface area contributed by atoms with Gasteiger partial charge in [-0.05, 0) is 70.8 Å². The Morgan fingerprint density at radius 1 is 0.894 bits per heavy atom. The van der Waals surface area contributed by atoms with E-state index in [0.29, 0.717) is 46.2 Å². The van der Waals surface area contributed by atoms with Gasteiger partial charge in [-0.25, -0.2) is 14.6 Å². The Morgan fingerprint density at radius 3 is 2.32 bits per heavy atom. The minimum Gasteiger partial charge on any atom is -0.495 e. The van der Waals surface area contributed by atoms with Crippen LogP contribution in [0.3, 0.4) is 0 Å². The lowest BCUT2D eigenvalue weighted by Gasteiger charge is -2.12. The lowest BCUT2D eigenvalue weighted by Crippen LogP contribution is -2.16. The lowest BCUT2D eigenvalue weighted by atomic mass is 10.0. The molecule has 1 heterocycles. The van der Waals surface area contributed by atoms with Crippen molar-refractivity contribution in [2.75, 3.05) is 32.8 Å². The molecule has 0 unspecified atom stereocenters. The average Bonchev–Trinajstić information content (AvgIpc) is 3.46.